The second kappa shape index (κ2) is 3.88. The summed E-state index contributed by atoms with van der Waals surface area (Å²) < 4.78 is 4.60. The molecule has 7 nitrogen and oxygen atoms in total. The van der Waals surface area contributed by atoms with Crippen molar-refractivity contribution < 1.29 is 24.3 Å². The van der Waals surface area contributed by atoms with Gasteiger partial charge < -0.3 is 14.6 Å². The predicted octanol–water partition coefficient (Wildman–Crippen LogP) is 0.696. The first-order valence-electron chi connectivity index (χ1n) is 3.64. The molecule has 2 N–H and O–H groups in total. The third-order valence-corrected chi connectivity index (χ3v) is 1.49. The first-order chi connectivity index (χ1) is 6.50. The molecule has 76 valence electrons. The molecule has 0 aliphatic carbocycles. The fraction of sp³-hybridized carbons (Fsp3) is 0.286. The number of hydrogen-bond acceptors (Lipinski definition) is 5. The summed E-state index contributed by atoms with van der Waals surface area (Å²) in [6.07, 6.45) is -1.91. The number of nitrogens with zero attached hydrogens (tertiary/aromatic N) is 1. The standard InChI is InChI=1S/C7H7NO6/c9-4(3-7(10)11)5-1-2-6(14-5)8(12)13/h1-2,4,9H,3H2,(H,10,11). The molecule has 1 heterocycles. The second-order valence-corrected chi connectivity index (χ2v) is 2.55. The van der Waals surface area contributed by atoms with E-state index in [1.165, 1.54) is 6.07 Å². The summed E-state index contributed by atoms with van der Waals surface area (Å²) in [5, 5.41) is 27.7. The van der Waals surface area contributed by atoms with Gasteiger partial charge in [0.25, 0.3) is 0 Å². The number of furan rings is 1. The molecule has 1 aromatic rings. The molecule has 0 radical (unpaired) electrons. The Kier molecular flexibility index (Phi) is 2.82. The number of carboxylic acids is 1. The van der Waals surface area contributed by atoms with Crippen LogP contribution in [0.2, 0.25) is 0 Å². The summed E-state index contributed by atoms with van der Waals surface area (Å²) in [6.45, 7) is 0. The van der Waals surface area contributed by atoms with Gasteiger partial charge in [-0.3, -0.25) is 14.9 Å². The summed E-state index contributed by atoms with van der Waals surface area (Å²) in [7, 11) is 0. The Balaban J connectivity index is 2.76. The SMILES string of the molecule is O=C(O)CC(O)c1ccc([N+](=O)[O-])o1. The normalized spacial score (nSPS) is 12.4. The van der Waals surface area contributed by atoms with Gasteiger partial charge in [-0.25, -0.2) is 0 Å². The highest BCUT2D eigenvalue weighted by atomic mass is 16.6. The molecule has 0 aromatic carbocycles. The summed E-state index contributed by atoms with van der Waals surface area (Å²) >= 11 is 0. The number of aliphatic carboxylic acids is 1. The van der Waals surface area contributed by atoms with Gasteiger partial charge in [0.05, 0.1) is 12.5 Å². The maximum absolute atomic E-state index is 10.2. The minimum Gasteiger partial charge on any atom is -0.481 e. The maximum Gasteiger partial charge on any atom is 0.433 e. The van der Waals surface area contributed by atoms with Crippen LogP contribution in [0, 0.1) is 10.1 Å². The minimum atomic E-state index is -1.36. The predicted molar refractivity (Wildman–Crippen MR) is 42.6 cm³/mol. The van der Waals surface area contributed by atoms with E-state index >= 15 is 0 Å². The first-order valence-corrected chi connectivity index (χ1v) is 3.64. The maximum atomic E-state index is 10.2. The number of nitro groups is 1. The van der Waals surface area contributed by atoms with Crippen LogP contribution in [0.4, 0.5) is 5.88 Å². The molecule has 0 aliphatic rings. The fourth-order valence-corrected chi connectivity index (χ4v) is 0.885. The zero-order valence-electron chi connectivity index (χ0n) is 6.91. The summed E-state index contributed by atoms with van der Waals surface area (Å²) in [5.74, 6) is -1.86. The van der Waals surface area contributed by atoms with Gasteiger partial charge in [0.15, 0.2) is 0 Å². The second-order valence-electron chi connectivity index (χ2n) is 2.55. The quantitative estimate of drug-likeness (QED) is 0.547. The van der Waals surface area contributed by atoms with E-state index in [1.54, 1.807) is 0 Å². The molecular formula is C7H7NO6. The highest BCUT2D eigenvalue weighted by Gasteiger charge is 2.19. The Morgan fingerprint density at radius 3 is 2.71 bits per heavy atom. The molecule has 0 bridgehead atoms. The largest absolute Gasteiger partial charge is 0.481 e. The molecule has 1 aromatic heterocycles. The first kappa shape index (κ1) is 10.2. The van der Waals surface area contributed by atoms with Gasteiger partial charge >= 0.3 is 11.9 Å². The average molecular weight is 201 g/mol. The number of carboxylic acid groups (broad SMARTS) is 1. The molecule has 0 amide bonds. The van der Waals surface area contributed by atoms with Crippen molar-refractivity contribution in [3.63, 3.8) is 0 Å². The zero-order valence-corrected chi connectivity index (χ0v) is 6.91. The average Bonchev–Trinajstić information content (AvgIpc) is 2.50. The van der Waals surface area contributed by atoms with E-state index in [0.717, 1.165) is 6.07 Å². The van der Waals surface area contributed by atoms with E-state index in [4.69, 9.17) is 5.11 Å². The van der Waals surface area contributed by atoms with Crippen molar-refractivity contribution in [1.29, 1.82) is 0 Å². The van der Waals surface area contributed by atoms with Gasteiger partial charge in [0, 0.05) is 0 Å². The van der Waals surface area contributed by atoms with Crippen LogP contribution >= 0.6 is 0 Å². The zero-order chi connectivity index (χ0) is 10.7. The minimum absolute atomic E-state index is 0.126. The van der Waals surface area contributed by atoms with Crippen molar-refractivity contribution in [1.82, 2.24) is 0 Å². The van der Waals surface area contributed by atoms with Gasteiger partial charge in [-0.05, 0) is 6.07 Å². The van der Waals surface area contributed by atoms with Crippen LogP contribution in [-0.2, 0) is 4.79 Å². The van der Waals surface area contributed by atoms with E-state index < -0.39 is 29.3 Å². The highest BCUT2D eigenvalue weighted by Crippen LogP contribution is 2.23. The Labute approximate surface area is 77.7 Å². The number of rotatable bonds is 4. The van der Waals surface area contributed by atoms with Crippen LogP contribution in [0.15, 0.2) is 16.5 Å². The Morgan fingerprint density at radius 2 is 2.29 bits per heavy atom. The molecule has 0 saturated heterocycles. The van der Waals surface area contributed by atoms with Crippen LogP contribution in [0.1, 0.15) is 18.3 Å². The molecule has 0 aliphatic heterocycles. The Morgan fingerprint density at radius 1 is 1.64 bits per heavy atom. The van der Waals surface area contributed by atoms with Crippen LogP contribution in [0.25, 0.3) is 0 Å². The van der Waals surface area contributed by atoms with Crippen molar-refractivity contribution in [2.75, 3.05) is 0 Å². The van der Waals surface area contributed by atoms with Gasteiger partial charge in [0.1, 0.15) is 16.8 Å². The summed E-state index contributed by atoms with van der Waals surface area (Å²) in [4.78, 5) is 19.6. The smallest absolute Gasteiger partial charge is 0.433 e. The van der Waals surface area contributed by atoms with E-state index in [-0.39, 0.29) is 5.76 Å². The third-order valence-electron chi connectivity index (χ3n) is 1.49. The molecule has 1 unspecified atom stereocenters. The lowest BCUT2D eigenvalue weighted by atomic mass is 10.2. The molecule has 1 rings (SSSR count). The number of aliphatic hydroxyl groups is 1. The molecule has 0 spiro atoms. The highest BCUT2D eigenvalue weighted by molar-refractivity contribution is 5.67. The van der Waals surface area contributed by atoms with Crippen molar-refractivity contribution in [2.24, 2.45) is 0 Å². The third kappa shape index (κ3) is 2.30. The van der Waals surface area contributed by atoms with E-state index in [9.17, 15) is 20.0 Å². The van der Waals surface area contributed by atoms with Crippen LogP contribution < -0.4 is 0 Å². The summed E-state index contributed by atoms with van der Waals surface area (Å²) in [6, 6.07) is 2.23. The van der Waals surface area contributed by atoms with Gasteiger partial charge in [-0.15, -0.1) is 0 Å². The number of aliphatic hydroxyl groups excluding tert-OH is 1. The number of hydrogen-bond donors (Lipinski definition) is 2. The lowest BCUT2D eigenvalue weighted by molar-refractivity contribution is -0.402. The van der Waals surface area contributed by atoms with E-state index in [2.05, 4.69) is 4.42 Å². The molecule has 14 heavy (non-hydrogen) atoms. The summed E-state index contributed by atoms with van der Waals surface area (Å²) in [5.41, 5.74) is 0. The monoisotopic (exact) mass is 201 g/mol. The Hall–Kier alpha value is -1.89. The van der Waals surface area contributed by atoms with E-state index in [1.807, 2.05) is 0 Å². The lowest BCUT2D eigenvalue weighted by Gasteiger charge is -2.01. The van der Waals surface area contributed by atoms with Gasteiger partial charge in [-0.1, -0.05) is 0 Å². The van der Waals surface area contributed by atoms with Crippen LogP contribution in [-0.4, -0.2) is 21.1 Å². The lowest BCUT2D eigenvalue weighted by Crippen LogP contribution is -2.04. The van der Waals surface area contributed by atoms with Crippen molar-refractivity contribution in [2.45, 2.75) is 12.5 Å². The van der Waals surface area contributed by atoms with Crippen LogP contribution in [0.5, 0.6) is 0 Å². The topological polar surface area (TPSA) is 114 Å². The molecule has 0 fully saturated rings. The van der Waals surface area contributed by atoms with Crippen molar-refractivity contribution in [3.05, 3.63) is 28.0 Å². The Bertz CT molecular complexity index is 357. The molecule has 1 atom stereocenters. The van der Waals surface area contributed by atoms with Crippen molar-refractivity contribution >= 4 is 11.9 Å². The molecule has 7 heteroatoms. The van der Waals surface area contributed by atoms with Crippen molar-refractivity contribution in [3.8, 4) is 0 Å². The van der Waals surface area contributed by atoms with Crippen LogP contribution in [0.3, 0.4) is 0 Å². The molecular weight excluding hydrogens is 194 g/mol. The fourth-order valence-electron chi connectivity index (χ4n) is 0.885. The van der Waals surface area contributed by atoms with Gasteiger partial charge in [0.2, 0.25) is 0 Å². The van der Waals surface area contributed by atoms with Gasteiger partial charge in [-0.2, -0.15) is 0 Å². The molecule has 0 saturated carbocycles. The van der Waals surface area contributed by atoms with E-state index in [0.29, 0.717) is 0 Å². The number of carbonyl (C=O) groups is 1.